The van der Waals surface area contributed by atoms with Crippen molar-refractivity contribution >= 4 is 0 Å². The molecule has 0 saturated heterocycles. The normalized spacial score (nSPS) is 9.50. The minimum absolute atomic E-state index is 0. The van der Waals surface area contributed by atoms with E-state index in [1.165, 1.54) is 0 Å². The summed E-state index contributed by atoms with van der Waals surface area (Å²) in [5.74, 6) is 0. The van der Waals surface area contributed by atoms with Crippen LogP contribution in [-0.2, 0) is 46.9 Å². The fourth-order valence-electron chi connectivity index (χ4n) is 0. The van der Waals surface area contributed by atoms with Crippen LogP contribution in [0.25, 0.3) is 0 Å². The molecule has 0 bridgehead atoms. The van der Waals surface area contributed by atoms with E-state index in [1.807, 2.05) is 0 Å². The fraction of sp³-hybridized carbons (Fsp3) is 0. The van der Waals surface area contributed by atoms with Crippen LogP contribution in [0.4, 0.5) is 0 Å². The van der Waals surface area contributed by atoms with Crippen LogP contribution in [0.5, 0.6) is 0 Å². The molecule has 1 N–H and O–H groups in total. The molecular formula is HAuMnO4. The Kier molecular flexibility index (Phi) is 4.47. The predicted octanol–water partition coefficient (Wildman–Crippen LogP) is -0.918. The molecule has 4 nitrogen and oxygen atoms in total. The zero-order valence-electron chi connectivity index (χ0n) is 2.35. The van der Waals surface area contributed by atoms with Gasteiger partial charge < -0.3 is 0 Å². The van der Waals surface area contributed by atoms with Gasteiger partial charge in [0.15, 0.2) is 0 Å². The molecule has 0 unspecified atom stereocenters. The second-order valence-electron chi connectivity index (χ2n) is 0.396. The van der Waals surface area contributed by atoms with Gasteiger partial charge in [-0.3, -0.25) is 0 Å². The number of rotatable bonds is 0. The van der Waals surface area contributed by atoms with E-state index in [1.54, 1.807) is 0 Å². The zero-order valence-corrected chi connectivity index (χ0v) is 5.70. The Bertz CT molecular complexity index is 129. The summed E-state index contributed by atoms with van der Waals surface area (Å²) in [6.07, 6.45) is 0. The molecule has 0 aromatic rings. The molecule has 0 aromatic heterocycles. The molecule has 0 saturated carbocycles. The summed E-state index contributed by atoms with van der Waals surface area (Å²) < 4.78 is 33.1. The first-order chi connectivity index (χ1) is 2.00. The summed E-state index contributed by atoms with van der Waals surface area (Å²) in [6, 6.07) is 0. The third-order valence-electron chi connectivity index (χ3n) is 0. The van der Waals surface area contributed by atoms with Gasteiger partial charge in [-0.05, 0) is 0 Å². The SMILES string of the molecule is [Au].[O]=[Mn](=[O])(=[O])[OH]. The van der Waals surface area contributed by atoms with E-state index < -0.39 is 13.0 Å². The molecule has 1 radical (unpaired) electrons. The van der Waals surface area contributed by atoms with Crippen molar-refractivity contribution in [1.29, 1.82) is 0 Å². The van der Waals surface area contributed by atoms with Gasteiger partial charge in [0.2, 0.25) is 0 Å². The summed E-state index contributed by atoms with van der Waals surface area (Å²) in [7, 11) is 0. The van der Waals surface area contributed by atoms with Crippen LogP contribution in [0, 0.1) is 0 Å². The van der Waals surface area contributed by atoms with E-state index in [4.69, 9.17) is 15.7 Å². The summed E-state index contributed by atoms with van der Waals surface area (Å²) in [4.78, 5) is 0. The molecule has 0 rings (SSSR count). The van der Waals surface area contributed by atoms with Gasteiger partial charge in [-0.1, -0.05) is 0 Å². The van der Waals surface area contributed by atoms with Crippen molar-refractivity contribution in [2.45, 2.75) is 0 Å². The van der Waals surface area contributed by atoms with Crippen LogP contribution in [0.1, 0.15) is 0 Å². The molecule has 0 heterocycles. The number of hydrogen-bond acceptors (Lipinski definition) is 3. The molecule has 6 heavy (non-hydrogen) atoms. The molecule has 0 aliphatic heterocycles. The van der Waals surface area contributed by atoms with E-state index in [2.05, 4.69) is 0 Å². The average Bonchev–Trinajstić information content (AvgIpc) is 0.722. The van der Waals surface area contributed by atoms with E-state index in [0.717, 1.165) is 0 Å². The molecule has 0 spiro atoms. The minimum atomic E-state index is -5.38. The van der Waals surface area contributed by atoms with Crippen LogP contribution in [-0.4, -0.2) is 4.19 Å². The Hall–Kier alpha value is 0.620. The van der Waals surface area contributed by atoms with E-state index >= 15 is 0 Å². The molecule has 0 fully saturated rings. The quantitative estimate of drug-likeness (QED) is 0.587. The molecule has 0 aromatic carbocycles. The molecule has 43 valence electrons. The third-order valence-corrected chi connectivity index (χ3v) is 0. The maximum absolute atomic E-state index is 8.69. The van der Waals surface area contributed by atoms with Gasteiger partial charge in [0.05, 0.1) is 0 Å². The Morgan fingerprint density at radius 1 is 1.17 bits per heavy atom. The molecule has 0 amide bonds. The fourth-order valence-corrected chi connectivity index (χ4v) is 0. The van der Waals surface area contributed by atoms with Crippen molar-refractivity contribution in [2.24, 2.45) is 0 Å². The Balaban J connectivity index is 0. The summed E-state index contributed by atoms with van der Waals surface area (Å²) >= 11 is -5.38. The van der Waals surface area contributed by atoms with Crippen molar-refractivity contribution < 1.29 is 51.0 Å². The number of hydrogen-bond donors (Lipinski definition) is 1. The van der Waals surface area contributed by atoms with Crippen LogP contribution in [0.3, 0.4) is 0 Å². The van der Waals surface area contributed by atoms with Gasteiger partial charge >= 0.3 is 28.7 Å². The first kappa shape index (κ1) is 9.80. The monoisotopic (exact) mass is 317 g/mol. The molecule has 0 aliphatic carbocycles. The molecule has 0 aliphatic rings. The van der Waals surface area contributed by atoms with Crippen LogP contribution in [0.2, 0.25) is 0 Å². The molecular weight excluding hydrogens is 316 g/mol. The van der Waals surface area contributed by atoms with Gasteiger partial charge in [-0.15, -0.1) is 0 Å². The molecule has 0 atom stereocenters. The van der Waals surface area contributed by atoms with Crippen LogP contribution < -0.4 is 0 Å². The topological polar surface area (TPSA) is 71.4 Å². The van der Waals surface area contributed by atoms with Crippen molar-refractivity contribution in [2.75, 3.05) is 0 Å². The van der Waals surface area contributed by atoms with Gasteiger partial charge in [0.25, 0.3) is 0 Å². The van der Waals surface area contributed by atoms with E-state index in [0.29, 0.717) is 0 Å². The second-order valence-corrected chi connectivity index (χ2v) is 1.63. The van der Waals surface area contributed by atoms with Gasteiger partial charge in [0, 0.05) is 22.4 Å². The summed E-state index contributed by atoms with van der Waals surface area (Å²) in [5.41, 5.74) is 0. The van der Waals surface area contributed by atoms with Crippen LogP contribution >= 0.6 is 0 Å². The average molecular weight is 317 g/mol. The van der Waals surface area contributed by atoms with Crippen molar-refractivity contribution in [3.63, 3.8) is 0 Å². The van der Waals surface area contributed by atoms with Crippen molar-refractivity contribution in [3.8, 4) is 0 Å². The Morgan fingerprint density at radius 3 is 1.17 bits per heavy atom. The van der Waals surface area contributed by atoms with Crippen LogP contribution in [0.15, 0.2) is 0 Å². The van der Waals surface area contributed by atoms with E-state index in [-0.39, 0.29) is 22.4 Å². The van der Waals surface area contributed by atoms with Gasteiger partial charge in [-0.2, -0.15) is 0 Å². The third kappa shape index (κ3) is 158. The van der Waals surface area contributed by atoms with E-state index in [9.17, 15) is 0 Å². The molecule has 6 heteroatoms. The second kappa shape index (κ2) is 2.74. The van der Waals surface area contributed by atoms with Crippen molar-refractivity contribution in [3.05, 3.63) is 0 Å². The van der Waals surface area contributed by atoms with Gasteiger partial charge in [-0.25, -0.2) is 0 Å². The predicted molar refractivity (Wildman–Crippen MR) is 4.28 cm³/mol. The van der Waals surface area contributed by atoms with Crippen molar-refractivity contribution in [1.82, 2.24) is 0 Å². The zero-order chi connectivity index (χ0) is 4.50. The first-order valence-electron chi connectivity index (χ1n) is 0.632. The summed E-state index contributed by atoms with van der Waals surface area (Å²) in [6.45, 7) is 0. The first-order valence-corrected chi connectivity index (χ1v) is 2.61. The van der Waals surface area contributed by atoms with Gasteiger partial charge in [0.1, 0.15) is 0 Å². The summed E-state index contributed by atoms with van der Waals surface area (Å²) in [5, 5.41) is 0. The Labute approximate surface area is 51.2 Å². The maximum atomic E-state index is 8.69. The standard InChI is InChI=1S/Au.Mn.H2O.3O/h;;1H2;;;/q;+1;;;;/p-1. The Morgan fingerprint density at radius 2 is 1.17 bits per heavy atom.